The zero-order chi connectivity index (χ0) is 33.9. The van der Waals surface area contributed by atoms with Gasteiger partial charge in [-0.05, 0) is 34.2 Å². The molecule has 1 N–H and O–H groups in total. The fourth-order valence-corrected chi connectivity index (χ4v) is 7.83. The molecule has 0 aliphatic heterocycles. The van der Waals surface area contributed by atoms with Crippen LogP contribution in [0.1, 0.15) is 27.8 Å². The second-order valence-electron chi connectivity index (χ2n) is 11.9. The van der Waals surface area contributed by atoms with Crippen LogP contribution in [-0.4, -0.2) is 47.0 Å². The van der Waals surface area contributed by atoms with Crippen LogP contribution in [0.5, 0.6) is 0 Å². The lowest BCUT2D eigenvalue weighted by molar-refractivity contribution is -0.147. The third-order valence-electron chi connectivity index (χ3n) is 8.12. The first-order chi connectivity index (χ1) is 24.1. The summed E-state index contributed by atoms with van der Waals surface area (Å²) < 4.78 is 5.78. The van der Waals surface area contributed by atoms with Crippen LogP contribution in [-0.2, 0) is 40.5 Å². The second kappa shape index (κ2) is 20.1. The molecule has 5 nitrogen and oxygen atoms in total. The van der Waals surface area contributed by atoms with Crippen LogP contribution in [0.2, 0.25) is 0 Å². The molecule has 0 bridgehead atoms. The largest absolute Gasteiger partial charge is 0.459 e. The molecule has 0 saturated carbocycles. The van der Waals surface area contributed by atoms with Crippen LogP contribution in [0.25, 0.3) is 0 Å². The molecule has 0 fully saturated rings. The number of urea groups is 1. The average molecular weight is 689 g/mol. The van der Waals surface area contributed by atoms with E-state index in [9.17, 15) is 9.59 Å². The fraction of sp³-hybridized carbons (Fsp3) is 0.238. The molecule has 0 heterocycles. The van der Waals surface area contributed by atoms with Crippen molar-refractivity contribution < 1.29 is 14.3 Å². The van der Waals surface area contributed by atoms with Crippen LogP contribution in [0.4, 0.5) is 4.79 Å². The molecular weight excluding hydrogens is 645 g/mol. The Balaban J connectivity index is 1.36. The number of hydrogen-bond donors (Lipinski definition) is 1. The first-order valence-corrected chi connectivity index (χ1v) is 19.0. The van der Waals surface area contributed by atoms with Crippen molar-refractivity contribution in [2.75, 3.05) is 18.1 Å². The number of rotatable bonds is 18. The number of thioether (sulfide) groups is 2. The number of ether oxygens (including phenoxy) is 1. The minimum Gasteiger partial charge on any atom is -0.459 e. The molecule has 0 aliphatic carbocycles. The van der Waals surface area contributed by atoms with Crippen molar-refractivity contribution >= 4 is 35.5 Å². The molecule has 5 rings (SSSR count). The summed E-state index contributed by atoms with van der Waals surface area (Å²) in [7, 11) is 0. The smallest absolute Gasteiger partial charge is 0.329 e. The number of nitrogens with one attached hydrogen (secondary N) is 1. The van der Waals surface area contributed by atoms with Crippen LogP contribution >= 0.6 is 23.5 Å². The summed E-state index contributed by atoms with van der Waals surface area (Å²) in [5.41, 5.74) is 5.53. The molecule has 252 valence electrons. The Morgan fingerprint density at radius 1 is 0.571 bits per heavy atom. The van der Waals surface area contributed by atoms with Gasteiger partial charge in [0.15, 0.2) is 0 Å². The minimum absolute atomic E-state index is 0.0659. The Kier molecular flexibility index (Phi) is 14.7. The summed E-state index contributed by atoms with van der Waals surface area (Å²) in [6.07, 6.45) is 1.04. The minimum atomic E-state index is -0.840. The van der Waals surface area contributed by atoms with Crippen molar-refractivity contribution in [2.24, 2.45) is 0 Å². The Labute approximate surface area is 299 Å². The monoisotopic (exact) mass is 688 g/mol. The van der Waals surface area contributed by atoms with E-state index in [1.165, 1.54) is 11.1 Å². The molecule has 49 heavy (non-hydrogen) atoms. The second-order valence-corrected chi connectivity index (χ2v) is 13.9. The van der Waals surface area contributed by atoms with E-state index in [1.807, 2.05) is 119 Å². The van der Waals surface area contributed by atoms with Gasteiger partial charge in [-0.2, -0.15) is 23.5 Å². The number of carbonyl (C=O) groups is 2. The molecule has 0 spiro atoms. The van der Waals surface area contributed by atoms with E-state index in [4.69, 9.17) is 4.74 Å². The Morgan fingerprint density at radius 3 is 1.49 bits per heavy atom. The third kappa shape index (κ3) is 12.5. The number of benzene rings is 5. The average Bonchev–Trinajstić information content (AvgIpc) is 3.15. The zero-order valence-electron chi connectivity index (χ0n) is 27.7. The number of amides is 2. The first kappa shape index (κ1) is 35.8. The third-order valence-corrected chi connectivity index (χ3v) is 10.4. The van der Waals surface area contributed by atoms with Crippen molar-refractivity contribution in [2.45, 2.75) is 43.0 Å². The van der Waals surface area contributed by atoms with Gasteiger partial charge in [0.1, 0.15) is 12.6 Å². The Morgan fingerprint density at radius 2 is 1.00 bits per heavy atom. The normalized spacial score (nSPS) is 11.5. The molecule has 1 atom stereocenters. The lowest BCUT2D eigenvalue weighted by Crippen LogP contribution is -2.54. The Bertz CT molecular complexity index is 1610. The topological polar surface area (TPSA) is 58.6 Å². The van der Waals surface area contributed by atoms with Crippen molar-refractivity contribution in [3.05, 3.63) is 179 Å². The van der Waals surface area contributed by atoms with E-state index < -0.39 is 12.0 Å². The molecule has 0 aliphatic rings. The Hall–Kier alpha value is -4.46. The molecular formula is C42H44N2O3S2. The van der Waals surface area contributed by atoms with Crippen LogP contribution in [0.3, 0.4) is 0 Å². The summed E-state index contributed by atoms with van der Waals surface area (Å²) in [5.74, 6) is 2.80. The molecule has 0 unspecified atom stereocenters. The highest BCUT2D eigenvalue weighted by Crippen LogP contribution is 2.22. The first-order valence-electron chi connectivity index (χ1n) is 16.7. The SMILES string of the molecule is O=C(OCc1ccccc1)[C@H](Cc1ccccc1)NC(=O)N(CCc1ccccc1)C(CSCc1ccccc1)CSCc1ccccc1. The standard InChI is InChI=1S/C42H44N2O3S2/c45-41(47-29-36-20-10-3-11-21-36)40(28-35-18-8-2-9-19-35)43-42(46)44(27-26-34-16-6-1-7-17-34)39(32-48-30-37-22-12-4-13-23-37)33-49-31-38-24-14-5-15-25-38/h1-25,39-40H,26-33H2,(H,43,46)/t40-/m0/s1. The molecule has 7 heteroatoms. The van der Waals surface area contributed by atoms with E-state index in [1.54, 1.807) is 0 Å². The van der Waals surface area contributed by atoms with Gasteiger partial charge in [-0.15, -0.1) is 0 Å². The molecule has 2 amide bonds. The van der Waals surface area contributed by atoms with E-state index in [0.29, 0.717) is 19.4 Å². The molecule has 0 radical (unpaired) electrons. The number of carbonyl (C=O) groups excluding carboxylic acids is 2. The highest BCUT2D eigenvalue weighted by atomic mass is 32.2. The van der Waals surface area contributed by atoms with E-state index in [0.717, 1.165) is 39.7 Å². The van der Waals surface area contributed by atoms with Gasteiger partial charge in [-0.25, -0.2) is 9.59 Å². The van der Waals surface area contributed by atoms with Gasteiger partial charge in [-0.1, -0.05) is 152 Å². The lowest BCUT2D eigenvalue weighted by atomic mass is 10.1. The predicted molar refractivity (Wildman–Crippen MR) is 205 cm³/mol. The predicted octanol–water partition coefficient (Wildman–Crippen LogP) is 8.83. The van der Waals surface area contributed by atoms with E-state index in [2.05, 4.69) is 66.0 Å². The maximum atomic E-state index is 14.4. The molecule has 0 aromatic heterocycles. The summed E-state index contributed by atoms with van der Waals surface area (Å²) >= 11 is 3.67. The summed E-state index contributed by atoms with van der Waals surface area (Å²) in [4.78, 5) is 30.0. The zero-order valence-corrected chi connectivity index (χ0v) is 29.4. The van der Waals surface area contributed by atoms with Gasteiger partial charge in [0.05, 0.1) is 6.04 Å². The van der Waals surface area contributed by atoms with Crippen molar-refractivity contribution in [3.8, 4) is 0 Å². The number of esters is 1. The molecule has 5 aromatic rings. The van der Waals surface area contributed by atoms with Gasteiger partial charge in [0.2, 0.25) is 0 Å². The molecule has 0 saturated heterocycles. The van der Waals surface area contributed by atoms with Gasteiger partial charge >= 0.3 is 12.0 Å². The summed E-state index contributed by atoms with van der Waals surface area (Å²) in [6.45, 7) is 0.670. The maximum absolute atomic E-state index is 14.4. The van der Waals surface area contributed by atoms with Crippen LogP contribution in [0, 0.1) is 0 Å². The van der Waals surface area contributed by atoms with Gasteiger partial charge in [0.25, 0.3) is 0 Å². The van der Waals surface area contributed by atoms with Crippen LogP contribution in [0.15, 0.2) is 152 Å². The van der Waals surface area contributed by atoms with Gasteiger partial charge < -0.3 is 15.0 Å². The van der Waals surface area contributed by atoms with Crippen LogP contribution < -0.4 is 5.32 Å². The summed E-state index contributed by atoms with van der Waals surface area (Å²) in [5, 5.41) is 3.13. The quantitative estimate of drug-likeness (QED) is 0.0933. The maximum Gasteiger partial charge on any atom is 0.329 e. The number of hydrogen-bond acceptors (Lipinski definition) is 5. The lowest BCUT2D eigenvalue weighted by Gasteiger charge is -2.33. The summed E-state index contributed by atoms with van der Waals surface area (Å²) in [6, 6.07) is 49.4. The van der Waals surface area contributed by atoms with Gasteiger partial charge in [-0.3, -0.25) is 0 Å². The molecule has 5 aromatic carbocycles. The van der Waals surface area contributed by atoms with E-state index >= 15 is 0 Å². The van der Waals surface area contributed by atoms with Gasteiger partial charge in [0, 0.05) is 36.0 Å². The van der Waals surface area contributed by atoms with Crippen molar-refractivity contribution in [1.29, 1.82) is 0 Å². The van der Waals surface area contributed by atoms with Crippen molar-refractivity contribution in [1.82, 2.24) is 10.2 Å². The fourth-order valence-electron chi connectivity index (χ4n) is 5.45. The highest BCUT2D eigenvalue weighted by Gasteiger charge is 2.29. The number of nitrogens with zero attached hydrogens (tertiary/aromatic N) is 1. The van der Waals surface area contributed by atoms with E-state index in [-0.39, 0.29) is 18.7 Å². The highest BCUT2D eigenvalue weighted by molar-refractivity contribution is 7.99. The van der Waals surface area contributed by atoms with Crippen molar-refractivity contribution in [3.63, 3.8) is 0 Å².